The highest BCUT2D eigenvalue weighted by molar-refractivity contribution is 6.32. The van der Waals surface area contributed by atoms with Crippen LogP contribution in [0.15, 0.2) is 9.41 Å². The Labute approximate surface area is 127 Å². The van der Waals surface area contributed by atoms with Gasteiger partial charge in [0, 0.05) is 13.1 Å². The zero-order valence-electron chi connectivity index (χ0n) is 12.2. The first-order valence-corrected chi connectivity index (χ1v) is 7.67. The van der Waals surface area contributed by atoms with E-state index in [1.54, 1.807) is 0 Å². The predicted octanol–water partition coefficient (Wildman–Crippen LogP) is 1.44. The molecule has 0 aromatic carbocycles. The number of nitrogens with one attached hydrogen (secondary N) is 1. The molecule has 0 radical (unpaired) electrons. The Morgan fingerprint density at radius 2 is 2.00 bits per heavy atom. The number of likely N-dealkylation sites (tertiary alicyclic amines) is 1. The third kappa shape index (κ3) is 1.83. The molecule has 4 rings (SSSR count). The lowest BCUT2D eigenvalue weighted by molar-refractivity contribution is 0.429. The average molecular weight is 305 g/mol. The normalized spacial score (nSPS) is 17.9. The maximum Gasteiger partial charge on any atom is 0.229 e. The van der Waals surface area contributed by atoms with Crippen molar-refractivity contribution < 1.29 is 4.42 Å². The molecule has 21 heavy (non-hydrogen) atoms. The second-order valence-corrected chi connectivity index (χ2v) is 6.01. The van der Waals surface area contributed by atoms with Gasteiger partial charge >= 0.3 is 0 Å². The minimum Gasteiger partial charge on any atom is -0.432 e. The maximum atomic E-state index is 6.34. The maximum absolute atomic E-state index is 6.34. The molecule has 2 aliphatic rings. The third-order valence-electron chi connectivity index (χ3n) is 4.28. The lowest BCUT2D eigenvalue weighted by Gasteiger charge is -2.22. The van der Waals surface area contributed by atoms with Crippen molar-refractivity contribution in [3.63, 3.8) is 0 Å². The van der Waals surface area contributed by atoms with Crippen molar-refractivity contribution in [3.05, 3.63) is 27.1 Å². The van der Waals surface area contributed by atoms with E-state index in [1.165, 1.54) is 12.8 Å². The number of rotatable bonds is 1. The summed E-state index contributed by atoms with van der Waals surface area (Å²) in [6, 6.07) is 0. The van der Waals surface area contributed by atoms with Gasteiger partial charge < -0.3 is 14.6 Å². The average Bonchev–Trinajstić information content (AvgIpc) is 3.11. The standard InChI is InChI=1S/C15H17ClN4O/c1-8-10-12-13(21-15(10)19-9(2)11(8)16)14(18-7-17-12)20-5-3-4-6-20/h18H,3-7H2,1-2H3. The van der Waals surface area contributed by atoms with Gasteiger partial charge in [-0.2, -0.15) is 0 Å². The zero-order valence-corrected chi connectivity index (χ0v) is 12.9. The zero-order chi connectivity index (χ0) is 14.6. The molecule has 1 N–H and O–H groups in total. The molecule has 0 aliphatic carbocycles. The van der Waals surface area contributed by atoms with Crippen molar-refractivity contribution in [2.45, 2.75) is 26.7 Å². The van der Waals surface area contributed by atoms with Crippen LogP contribution in [0.2, 0.25) is 5.02 Å². The van der Waals surface area contributed by atoms with Gasteiger partial charge in [0.25, 0.3) is 0 Å². The van der Waals surface area contributed by atoms with Crippen LogP contribution in [0.1, 0.15) is 24.1 Å². The van der Waals surface area contributed by atoms with E-state index >= 15 is 0 Å². The largest absolute Gasteiger partial charge is 0.432 e. The summed E-state index contributed by atoms with van der Waals surface area (Å²) in [5.41, 5.74) is 3.22. The van der Waals surface area contributed by atoms with Crippen LogP contribution < -0.4 is 16.1 Å². The van der Waals surface area contributed by atoms with Gasteiger partial charge in [-0.1, -0.05) is 11.6 Å². The Bertz CT molecular complexity index is 849. The molecular formula is C15H17ClN4O. The number of halogens is 1. The van der Waals surface area contributed by atoms with Crippen molar-refractivity contribution in [3.8, 4) is 0 Å². The lowest BCUT2D eigenvalue weighted by atomic mass is 10.1. The number of nitrogens with zero attached hydrogens (tertiary/aromatic N) is 3. The fourth-order valence-electron chi connectivity index (χ4n) is 3.19. The summed E-state index contributed by atoms with van der Waals surface area (Å²) in [6.45, 7) is 6.59. The lowest BCUT2D eigenvalue weighted by Crippen LogP contribution is -2.42. The van der Waals surface area contributed by atoms with Crippen molar-refractivity contribution in [1.29, 1.82) is 0 Å². The number of furan rings is 1. The minimum atomic E-state index is 0.568. The summed E-state index contributed by atoms with van der Waals surface area (Å²) < 4.78 is 6.03. The molecule has 2 aromatic rings. The van der Waals surface area contributed by atoms with Gasteiger partial charge in [-0.15, -0.1) is 0 Å². The predicted molar refractivity (Wildman–Crippen MR) is 81.5 cm³/mol. The van der Waals surface area contributed by atoms with Crippen molar-refractivity contribution in [2.24, 2.45) is 4.99 Å². The Morgan fingerprint density at radius 1 is 1.24 bits per heavy atom. The van der Waals surface area contributed by atoms with E-state index in [9.17, 15) is 0 Å². The van der Waals surface area contributed by atoms with Crippen LogP contribution in [0.4, 0.5) is 0 Å². The molecular weight excluding hydrogens is 288 g/mol. The van der Waals surface area contributed by atoms with Crippen LogP contribution in [0, 0.1) is 13.8 Å². The number of hydrogen-bond acceptors (Lipinski definition) is 5. The van der Waals surface area contributed by atoms with Crippen LogP contribution in [0.3, 0.4) is 0 Å². The van der Waals surface area contributed by atoms with Gasteiger partial charge in [-0.3, -0.25) is 4.99 Å². The second kappa shape index (κ2) is 4.63. The smallest absolute Gasteiger partial charge is 0.229 e. The first kappa shape index (κ1) is 13.0. The number of aromatic nitrogens is 1. The molecule has 2 aliphatic heterocycles. The fraction of sp³-hybridized carbons (Fsp3) is 0.467. The molecule has 2 aromatic heterocycles. The summed E-state index contributed by atoms with van der Waals surface area (Å²) in [4.78, 5) is 11.4. The Balaban J connectivity index is 2.10. The van der Waals surface area contributed by atoms with Crippen molar-refractivity contribution >= 4 is 28.5 Å². The van der Waals surface area contributed by atoms with E-state index in [4.69, 9.17) is 16.0 Å². The first-order chi connectivity index (χ1) is 10.2. The third-order valence-corrected chi connectivity index (χ3v) is 4.83. The van der Waals surface area contributed by atoms with E-state index in [1.807, 2.05) is 13.8 Å². The van der Waals surface area contributed by atoms with Crippen LogP contribution in [-0.4, -0.2) is 29.6 Å². The number of fused-ring (bicyclic) bond motifs is 3. The second-order valence-electron chi connectivity index (χ2n) is 5.63. The molecule has 4 heterocycles. The number of aryl methyl sites for hydroxylation is 2. The molecule has 0 spiro atoms. The number of pyridine rings is 1. The number of hydrogen-bond donors (Lipinski definition) is 1. The molecule has 5 nitrogen and oxygen atoms in total. The van der Waals surface area contributed by atoms with Gasteiger partial charge in [0.15, 0.2) is 5.42 Å². The van der Waals surface area contributed by atoms with E-state index < -0.39 is 0 Å². The van der Waals surface area contributed by atoms with Crippen LogP contribution in [0.5, 0.6) is 0 Å². The molecule has 1 saturated heterocycles. The van der Waals surface area contributed by atoms with Gasteiger partial charge in [0.2, 0.25) is 5.71 Å². The van der Waals surface area contributed by atoms with E-state index in [-0.39, 0.29) is 0 Å². The summed E-state index contributed by atoms with van der Waals surface area (Å²) >= 11 is 6.34. The van der Waals surface area contributed by atoms with Gasteiger partial charge in [-0.05, 0) is 32.3 Å². The van der Waals surface area contributed by atoms with Crippen molar-refractivity contribution in [2.75, 3.05) is 19.8 Å². The van der Waals surface area contributed by atoms with Gasteiger partial charge in [0.1, 0.15) is 17.8 Å². The SMILES string of the molecule is Cc1nc2oc3c(c2c(C)c1Cl)=NCNC=3N1CCCC1. The van der Waals surface area contributed by atoms with Gasteiger partial charge in [0.05, 0.1) is 16.1 Å². The molecule has 0 unspecified atom stereocenters. The summed E-state index contributed by atoms with van der Waals surface area (Å²) in [5.74, 6) is 1.05. The fourth-order valence-corrected chi connectivity index (χ4v) is 3.33. The Morgan fingerprint density at radius 3 is 2.76 bits per heavy atom. The molecule has 110 valence electrons. The molecule has 6 heteroatoms. The summed E-state index contributed by atoms with van der Waals surface area (Å²) in [7, 11) is 0. The van der Waals surface area contributed by atoms with Crippen LogP contribution >= 0.6 is 11.6 Å². The minimum absolute atomic E-state index is 0.568. The Kier molecular flexibility index (Phi) is 2.85. The molecule has 1 fully saturated rings. The molecule has 0 bridgehead atoms. The molecule has 0 atom stereocenters. The van der Waals surface area contributed by atoms with Crippen LogP contribution in [-0.2, 0) is 0 Å². The van der Waals surface area contributed by atoms with Crippen molar-refractivity contribution in [1.82, 2.24) is 15.2 Å². The van der Waals surface area contributed by atoms with E-state index in [0.29, 0.717) is 17.4 Å². The monoisotopic (exact) mass is 304 g/mol. The highest BCUT2D eigenvalue weighted by Gasteiger charge is 2.22. The summed E-state index contributed by atoms with van der Waals surface area (Å²) in [5, 5.41) is 5.88. The van der Waals surface area contributed by atoms with Crippen LogP contribution in [0.25, 0.3) is 16.9 Å². The summed E-state index contributed by atoms with van der Waals surface area (Å²) in [6.07, 6.45) is 2.44. The van der Waals surface area contributed by atoms with E-state index in [0.717, 1.165) is 46.3 Å². The van der Waals surface area contributed by atoms with E-state index in [2.05, 4.69) is 20.2 Å². The first-order valence-electron chi connectivity index (χ1n) is 7.29. The van der Waals surface area contributed by atoms with Gasteiger partial charge in [-0.25, -0.2) is 4.98 Å². The topological polar surface area (TPSA) is 53.7 Å². The molecule has 0 amide bonds. The highest BCUT2D eigenvalue weighted by Crippen LogP contribution is 2.24. The highest BCUT2D eigenvalue weighted by atomic mass is 35.5. The quantitative estimate of drug-likeness (QED) is 0.866. The molecule has 0 saturated carbocycles. The Hall–Kier alpha value is -1.75.